The van der Waals surface area contributed by atoms with Crippen LogP contribution in [-0.4, -0.2) is 43.3 Å². The van der Waals surface area contributed by atoms with E-state index in [0.29, 0.717) is 18.9 Å². The predicted molar refractivity (Wildman–Crippen MR) is 100 cm³/mol. The average molecular weight is 358 g/mol. The molecule has 1 aliphatic carbocycles. The fraction of sp³-hybridized carbons (Fsp3) is 0.667. The molecule has 5 nitrogen and oxygen atoms in total. The summed E-state index contributed by atoms with van der Waals surface area (Å²) in [5.74, 6) is 2.66. The Bertz CT molecular complexity index is 620. The van der Waals surface area contributed by atoms with Crippen LogP contribution in [0.15, 0.2) is 18.2 Å². The number of likely N-dealkylation sites (tertiary alicyclic amines) is 1. The highest BCUT2D eigenvalue weighted by atomic mass is 16.7. The number of rotatable bonds is 6. The van der Waals surface area contributed by atoms with E-state index in [0.717, 1.165) is 48.9 Å². The van der Waals surface area contributed by atoms with Gasteiger partial charge >= 0.3 is 0 Å². The second kappa shape index (κ2) is 8.30. The first-order valence-corrected chi connectivity index (χ1v) is 10.2. The molecule has 0 atom stereocenters. The number of piperidine rings is 1. The molecule has 1 aromatic carbocycles. The van der Waals surface area contributed by atoms with Crippen LogP contribution in [-0.2, 0) is 11.2 Å². The molecule has 3 aliphatic rings. The largest absolute Gasteiger partial charge is 0.454 e. The number of hydrogen-bond acceptors (Lipinski definition) is 4. The van der Waals surface area contributed by atoms with Crippen LogP contribution < -0.4 is 14.8 Å². The van der Waals surface area contributed by atoms with Crippen molar-refractivity contribution in [2.24, 2.45) is 5.92 Å². The molecule has 2 aliphatic heterocycles. The van der Waals surface area contributed by atoms with Crippen LogP contribution in [0.3, 0.4) is 0 Å². The molecular weight excluding hydrogens is 328 g/mol. The number of para-hydroxylation sites is 1. The van der Waals surface area contributed by atoms with Crippen LogP contribution in [0.2, 0.25) is 0 Å². The highest BCUT2D eigenvalue weighted by molar-refractivity contribution is 5.76. The number of fused-ring (bicyclic) bond motifs is 1. The van der Waals surface area contributed by atoms with Gasteiger partial charge in [0, 0.05) is 32.1 Å². The third-order valence-corrected chi connectivity index (χ3v) is 6.04. The highest BCUT2D eigenvalue weighted by Crippen LogP contribution is 2.35. The van der Waals surface area contributed by atoms with Gasteiger partial charge in [0.15, 0.2) is 11.5 Å². The Hall–Kier alpha value is -1.75. The molecule has 1 saturated carbocycles. The summed E-state index contributed by atoms with van der Waals surface area (Å²) < 4.78 is 10.9. The van der Waals surface area contributed by atoms with Gasteiger partial charge in [-0.1, -0.05) is 25.0 Å². The summed E-state index contributed by atoms with van der Waals surface area (Å²) >= 11 is 0. The molecule has 2 fully saturated rings. The van der Waals surface area contributed by atoms with Crippen molar-refractivity contribution in [3.05, 3.63) is 23.8 Å². The first kappa shape index (κ1) is 17.7. The molecule has 4 rings (SSSR count). The van der Waals surface area contributed by atoms with Gasteiger partial charge in [0.1, 0.15) is 0 Å². The molecule has 1 saturated heterocycles. The lowest BCUT2D eigenvalue weighted by Crippen LogP contribution is -2.45. The number of hydrogen-bond donors (Lipinski definition) is 1. The fourth-order valence-corrected chi connectivity index (χ4v) is 4.55. The normalized spacial score (nSPS) is 21.2. The molecular formula is C21H30N2O3. The minimum absolute atomic E-state index is 0.149. The maximum Gasteiger partial charge on any atom is 0.231 e. The van der Waals surface area contributed by atoms with Crippen molar-refractivity contribution in [2.45, 2.75) is 57.4 Å². The first-order chi connectivity index (χ1) is 12.8. The van der Waals surface area contributed by atoms with Crippen molar-refractivity contribution in [3.8, 4) is 11.5 Å². The lowest BCUT2D eigenvalue weighted by atomic mass is 10.0. The van der Waals surface area contributed by atoms with Gasteiger partial charge in [0.25, 0.3) is 0 Å². The van der Waals surface area contributed by atoms with Crippen molar-refractivity contribution in [1.82, 2.24) is 10.2 Å². The number of nitrogens with zero attached hydrogens (tertiary/aromatic N) is 1. The molecule has 0 unspecified atom stereocenters. The van der Waals surface area contributed by atoms with E-state index in [9.17, 15) is 4.79 Å². The molecule has 142 valence electrons. The van der Waals surface area contributed by atoms with Crippen molar-refractivity contribution < 1.29 is 14.3 Å². The Morgan fingerprint density at radius 1 is 1.12 bits per heavy atom. The van der Waals surface area contributed by atoms with Crippen molar-refractivity contribution in [1.29, 1.82) is 0 Å². The van der Waals surface area contributed by atoms with Crippen LogP contribution in [0.5, 0.6) is 11.5 Å². The molecule has 0 bridgehead atoms. The molecule has 1 N–H and O–H groups in total. The predicted octanol–water partition coefficient (Wildman–Crippen LogP) is 3.12. The van der Waals surface area contributed by atoms with E-state index in [4.69, 9.17) is 9.47 Å². The van der Waals surface area contributed by atoms with Gasteiger partial charge in [-0.3, -0.25) is 4.79 Å². The van der Waals surface area contributed by atoms with E-state index < -0.39 is 0 Å². The zero-order valence-corrected chi connectivity index (χ0v) is 15.5. The molecule has 26 heavy (non-hydrogen) atoms. The minimum atomic E-state index is 0.149. The number of ether oxygens (including phenoxy) is 2. The standard InChI is InChI=1S/C21H30N2O3/c24-20(9-8-17-6-3-7-19-21(17)26-15-25-19)22-18-10-12-23(13-11-18)14-16-4-1-2-5-16/h3,6-7,16,18H,1-2,4-5,8-15H2,(H,22,24). The minimum Gasteiger partial charge on any atom is -0.454 e. The number of aryl methyl sites for hydroxylation is 1. The second-order valence-electron chi connectivity index (χ2n) is 7.94. The Labute approximate surface area is 156 Å². The summed E-state index contributed by atoms with van der Waals surface area (Å²) in [6, 6.07) is 6.22. The zero-order chi connectivity index (χ0) is 17.8. The molecule has 0 aromatic heterocycles. The molecule has 5 heteroatoms. The quantitative estimate of drug-likeness (QED) is 0.849. The summed E-state index contributed by atoms with van der Waals surface area (Å²) in [5, 5.41) is 3.23. The molecule has 0 spiro atoms. The van der Waals surface area contributed by atoms with E-state index >= 15 is 0 Å². The number of amides is 1. The fourth-order valence-electron chi connectivity index (χ4n) is 4.55. The van der Waals surface area contributed by atoms with Gasteiger partial charge in [-0.05, 0) is 49.7 Å². The Morgan fingerprint density at radius 3 is 2.73 bits per heavy atom. The van der Waals surface area contributed by atoms with Crippen LogP contribution in [0.1, 0.15) is 50.5 Å². The third-order valence-electron chi connectivity index (χ3n) is 6.04. The van der Waals surface area contributed by atoms with E-state index in [1.54, 1.807) is 0 Å². The van der Waals surface area contributed by atoms with Gasteiger partial charge in [0.2, 0.25) is 12.7 Å². The number of nitrogens with one attached hydrogen (secondary N) is 1. The summed E-state index contributed by atoms with van der Waals surface area (Å²) in [5.41, 5.74) is 1.06. The van der Waals surface area contributed by atoms with Gasteiger partial charge in [-0.2, -0.15) is 0 Å². The van der Waals surface area contributed by atoms with E-state index in [1.165, 1.54) is 32.2 Å². The van der Waals surface area contributed by atoms with Crippen molar-refractivity contribution in [3.63, 3.8) is 0 Å². The third kappa shape index (κ3) is 4.32. The summed E-state index contributed by atoms with van der Waals surface area (Å²) in [6.07, 6.45) is 9.01. The molecule has 2 heterocycles. The summed E-state index contributed by atoms with van der Waals surface area (Å²) in [6.45, 7) is 3.79. The van der Waals surface area contributed by atoms with E-state index in [-0.39, 0.29) is 12.7 Å². The number of carbonyl (C=O) groups is 1. The Balaban J connectivity index is 1.18. The number of carbonyl (C=O) groups excluding carboxylic acids is 1. The lowest BCUT2D eigenvalue weighted by molar-refractivity contribution is -0.122. The van der Waals surface area contributed by atoms with Gasteiger partial charge < -0.3 is 19.7 Å². The average Bonchev–Trinajstić information content (AvgIpc) is 3.33. The lowest BCUT2D eigenvalue weighted by Gasteiger charge is -2.33. The van der Waals surface area contributed by atoms with Crippen LogP contribution in [0, 0.1) is 5.92 Å². The van der Waals surface area contributed by atoms with Gasteiger partial charge in [-0.15, -0.1) is 0 Å². The summed E-state index contributed by atoms with van der Waals surface area (Å²) in [4.78, 5) is 14.9. The SMILES string of the molecule is O=C(CCc1cccc2c1OCO2)NC1CCN(CC2CCCC2)CC1. The monoisotopic (exact) mass is 358 g/mol. The molecule has 1 amide bonds. The van der Waals surface area contributed by atoms with Gasteiger partial charge in [-0.25, -0.2) is 0 Å². The highest BCUT2D eigenvalue weighted by Gasteiger charge is 2.24. The number of benzene rings is 1. The smallest absolute Gasteiger partial charge is 0.231 e. The van der Waals surface area contributed by atoms with Crippen LogP contribution in [0.25, 0.3) is 0 Å². The first-order valence-electron chi connectivity index (χ1n) is 10.2. The van der Waals surface area contributed by atoms with Crippen LogP contribution in [0.4, 0.5) is 0 Å². The molecule has 1 aromatic rings. The topological polar surface area (TPSA) is 50.8 Å². The molecule has 0 radical (unpaired) electrons. The van der Waals surface area contributed by atoms with E-state index in [2.05, 4.69) is 10.2 Å². The van der Waals surface area contributed by atoms with E-state index in [1.807, 2.05) is 18.2 Å². The van der Waals surface area contributed by atoms with Crippen LogP contribution >= 0.6 is 0 Å². The zero-order valence-electron chi connectivity index (χ0n) is 15.5. The maximum atomic E-state index is 12.3. The van der Waals surface area contributed by atoms with Crippen molar-refractivity contribution >= 4 is 5.91 Å². The van der Waals surface area contributed by atoms with Crippen molar-refractivity contribution in [2.75, 3.05) is 26.4 Å². The summed E-state index contributed by atoms with van der Waals surface area (Å²) in [7, 11) is 0. The Kier molecular flexibility index (Phi) is 5.63. The maximum absolute atomic E-state index is 12.3. The van der Waals surface area contributed by atoms with Gasteiger partial charge in [0.05, 0.1) is 0 Å². The second-order valence-corrected chi connectivity index (χ2v) is 7.94. The Morgan fingerprint density at radius 2 is 1.92 bits per heavy atom.